The highest BCUT2D eigenvalue weighted by Crippen LogP contribution is 2.44. The molecular formula is C20H19F4N3O2. The van der Waals surface area contributed by atoms with E-state index in [2.05, 4.69) is 10.2 Å². The van der Waals surface area contributed by atoms with Crippen LogP contribution in [0.15, 0.2) is 18.3 Å². The van der Waals surface area contributed by atoms with E-state index in [1.54, 1.807) is 13.0 Å². The summed E-state index contributed by atoms with van der Waals surface area (Å²) >= 11 is 0. The second-order valence-electron chi connectivity index (χ2n) is 8.00. The molecule has 0 spiro atoms. The second kappa shape index (κ2) is 6.16. The number of benzene rings is 1. The highest BCUT2D eigenvalue weighted by Gasteiger charge is 2.40. The molecule has 0 aliphatic heterocycles. The van der Waals surface area contributed by atoms with Crippen LogP contribution in [0.3, 0.4) is 0 Å². The largest absolute Gasteiger partial charge is 0.507 e. The van der Waals surface area contributed by atoms with Crippen LogP contribution in [-0.4, -0.2) is 30.6 Å². The molecule has 3 aromatic rings. The summed E-state index contributed by atoms with van der Waals surface area (Å²) in [5, 5.41) is 29.1. The lowest BCUT2D eigenvalue weighted by molar-refractivity contribution is -0.140. The molecule has 1 fully saturated rings. The molecule has 0 saturated heterocycles. The van der Waals surface area contributed by atoms with Gasteiger partial charge in [0.1, 0.15) is 11.6 Å². The maximum atomic E-state index is 14.3. The van der Waals surface area contributed by atoms with E-state index in [1.165, 1.54) is 6.92 Å². The summed E-state index contributed by atoms with van der Waals surface area (Å²) in [6.07, 6.45) is -1.89. The highest BCUT2D eigenvalue weighted by atomic mass is 19.4. The minimum absolute atomic E-state index is 0.0694. The van der Waals surface area contributed by atoms with Crippen molar-refractivity contribution < 1.29 is 27.8 Å². The van der Waals surface area contributed by atoms with Crippen LogP contribution in [-0.2, 0) is 6.18 Å². The second-order valence-corrected chi connectivity index (χ2v) is 8.00. The Hall–Kier alpha value is -2.68. The number of aromatic nitrogens is 3. The summed E-state index contributed by atoms with van der Waals surface area (Å²) in [6, 6.07) is 2.03. The summed E-state index contributed by atoms with van der Waals surface area (Å²) in [4.78, 5) is 0. The zero-order valence-corrected chi connectivity index (χ0v) is 16.0. The summed E-state index contributed by atoms with van der Waals surface area (Å²) in [7, 11) is 0. The number of hydrogen-bond acceptors (Lipinski definition) is 4. The fourth-order valence-corrected chi connectivity index (χ4v) is 4.06. The standard InChI is InChI=1S/C20H19F4N3O2/c1-9-8-27(11-6-19(3,29)7-11)18-12(9)4-14(25-26-18)16-10(2)17(21)13(5-15(16)28)20(22,23)24/h4-5,8,11,28-29H,6-7H2,1-3H3. The van der Waals surface area contributed by atoms with Gasteiger partial charge in [-0.1, -0.05) is 0 Å². The summed E-state index contributed by atoms with van der Waals surface area (Å²) in [6.45, 7) is 4.78. The van der Waals surface area contributed by atoms with E-state index in [0.717, 1.165) is 5.56 Å². The molecule has 2 N–H and O–H groups in total. The lowest BCUT2D eigenvalue weighted by atomic mass is 9.77. The third kappa shape index (κ3) is 3.13. The summed E-state index contributed by atoms with van der Waals surface area (Å²) in [5.41, 5.74) is -1.21. The van der Waals surface area contributed by atoms with Gasteiger partial charge in [-0.3, -0.25) is 0 Å². The van der Waals surface area contributed by atoms with Crippen molar-refractivity contribution in [1.82, 2.24) is 14.8 Å². The van der Waals surface area contributed by atoms with Gasteiger partial charge >= 0.3 is 6.18 Å². The average molecular weight is 409 g/mol. The van der Waals surface area contributed by atoms with Gasteiger partial charge in [0.25, 0.3) is 0 Å². The van der Waals surface area contributed by atoms with Crippen molar-refractivity contribution in [1.29, 1.82) is 0 Å². The van der Waals surface area contributed by atoms with Gasteiger partial charge in [-0.2, -0.15) is 13.2 Å². The Balaban J connectivity index is 1.82. The number of alkyl halides is 3. The van der Waals surface area contributed by atoms with E-state index in [-0.39, 0.29) is 22.9 Å². The highest BCUT2D eigenvalue weighted by molar-refractivity contribution is 5.85. The Morgan fingerprint density at radius 3 is 2.41 bits per heavy atom. The minimum atomic E-state index is -4.92. The first-order valence-corrected chi connectivity index (χ1v) is 9.06. The Bertz CT molecular complexity index is 1130. The molecule has 0 radical (unpaired) electrons. The summed E-state index contributed by atoms with van der Waals surface area (Å²) < 4.78 is 55.2. The number of phenolic OH excluding ortho intramolecular Hbond substituents is 1. The van der Waals surface area contributed by atoms with Crippen LogP contribution in [0, 0.1) is 19.7 Å². The average Bonchev–Trinajstić information content (AvgIpc) is 2.91. The van der Waals surface area contributed by atoms with Crippen LogP contribution in [0.25, 0.3) is 22.3 Å². The maximum absolute atomic E-state index is 14.3. The SMILES string of the molecule is Cc1c(F)c(C(F)(F)F)cc(O)c1-c1cc2c(C)cn(C3CC(C)(O)C3)c2nn1. The molecule has 0 atom stereocenters. The molecular weight excluding hydrogens is 390 g/mol. The van der Waals surface area contributed by atoms with Crippen LogP contribution in [0.5, 0.6) is 5.75 Å². The molecule has 2 aromatic heterocycles. The van der Waals surface area contributed by atoms with Crippen LogP contribution >= 0.6 is 0 Å². The van der Waals surface area contributed by atoms with Crippen molar-refractivity contribution >= 4 is 11.0 Å². The quantitative estimate of drug-likeness (QED) is 0.604. The van der Waals surface area contributed by atoms with E-state index in [4.69, 9.17) is 0 Å². The van der Waals surface area contributed by atoms with Gasteiger partial charge in [-0.25, -0.2) is 4.39 Å². The molecule has 1 aliphatic carbocycles. The van der Waals surface area contributed by atoms with E-state index in [0.29, 0.717) is 29.9 Å². The molecule has 0 unspecified atom stereocenters. The molecule has 1 aliphatic rings. The number of hydrogen-bond donors (Lipinski definition) is 2. The lowest BCUT2D eigenvalue weighted by Crippen LogP contribution is -2.41. The van der Waals surface area contributed by atoms with Crippen LogP contribution in [0.4, 0.5) is 17.6 Å². The number of phenols is 1. The monoisotopic (exact) mass is 409 g/mol. The normalized spacial score (nSPS) is 22.1. The maximum Gasteiger partial charge on any atom is 0.419 e. The Morgan fingerprint density at radius 1 is 1.17 bits per heavy atom. The third-order valence-corrected chi connectivity index (χ3v) is 5.56. The Morgan fingerprint density at radius 2 is 1.83 bits per heavy atom. The minimum Gasteiger partial charge on any atom is -0.507 e. The first kappa shape index (κ1) is 19.6. The third-order valence-electron chi connectivity index (χ3n) is 5.56. The van der Waals surface area contributed by atoms with Crippen molar-refractivity contribution in [2.45, 2.75) is 51.4 Å². The number of halogens is 4. The van der Waals surface area contributed by atoms with E-state index in [9.17, 15) is 27.8 Å². The van der Waals surface area contributed by atoms with Gasteiger partial charge in [0.15, 0.2) is 5.65 Å². The van der Waals surface area contributed by atoms with E-state index in [1.807, 2.05) is 17.7 Å². The first-order valence-electron chi connectivity index (χ1n) is 9.06. The first-order chi connectivity index (χ1) is 13.4. The Labute approximate surface area is 163 Å². The van der Waals surface area contributed by atoms with Gasteiger partial charge in [-0.05, 0) is 56.9 Å². The molecule has 5 nitrogen and oxygen atoms in total. The molecule has 2 heterocycles. The van der Waals surface area contributed by atoms with Gasteiger partial charge < -0.3 is 14.8 Å². The zero-order valence-electron chi connectivity index (χ0n) is 16.0. The topological polar surface area (TPSA) is 71.2 Å². The smallest absolute Gasteiger partial charge is 0.419 e. The summed E-state index contributed by atoms with van der Waals surface area (Å²) in [5.74, 6) is -2.16. The molecule has 1 saturated carbocycles. The predicted molar refractivity (Wildman–Crippen MR) is 98.0 cm³/mol. The number of nitrogens with zero attached hydrogens (tertiary/aromatic N) is 3. The molecule has 1 aromatic carbocycles. The van der Waals surface area contributed by atoms with Crippen molar-refractivity contribution in [2.24, 2.45) is 0 Å². The molecule has 29 heavy (non-hydrogen) atoms. The number of aliphatic hydroxyl groups is 1. The van der Waals surface area contributed by atoms with Crippen molar-refractivity contribution in [2.75, 3.05) is 0 Å². The van der Waals surface area contributed by atoms with E-state index < -0.39 is 28.9 Å². The number of fused-ring (bicyclic) bond motifs is 1. The zero-order chi connectivity index (χ0) is 21.3. The van der Waals surface area contributed by atoms with Gasteiger partial charge in [0.2, 0.25) is 0 Å². The number of rotatable bonds is 2. The number of aryl methyl sites for hydroxylation is 1. The molecule has 4 rings (SSSR count). The molecule has 154 valence electrons. The number of aromatic hydroxyl groups is 1. The van der Waals surface area contributed by atoms with Crippen LogP contribution in [0.2, 0.25) is 0 Å². The van der Waals surface area contributed by atoms with Gasteiger partial charge in [0, 0.05) is 23.2 Å². The molecule has 0 amide bonds. The molecule has 9 heteroatoms. The van der Waals surface area contributed by atoms with Crippen LogP contribution in [0.1, 0.15) is 42.5 Å². The fourth-order valence-electron chi connectivity index (χ4n) is 4.06. The molecule has 0 bridgehead atoms. The lowest BCUT2D eigenvalue weighted by Gasteiger charge is -2.41. The van der Waals surface area contributed by atoms with Crippen LogP contribution < -0.4 is 0 Å². The van der Waals surface area contributed by atoms with Crippen molar-refractivity contribution in [3.05, 3.63) is 40.8 Å². The van der Waals surface area contributed by atoms with Gasteiger partial charge in [0.05, 0.1) is 16.9 Å². The van der Waals surface area contributed by atoms with Gasteiger partial charge in [-0.15, -0.1) is 10.2 Å². The van der Waals surface area contributed by atoms with E-state index >= 15 is 0 Å². The van der Waals surface area contributed by atoms with Crippen molar-refractivity contribution in [3.63, 3.8) is 0 Å². The fraction of sp³-hybridized carbons (Fsp3) is 0.400. The van der Waals surface area contributed by atoms with Crippen molar-refractivity contribution in [3.8, 4) is 17.0 Å². The Kier molecular flexibility index (Phi) is 4.17. The predicted octanol–water partition coefficient (Wildman–Crippen LogP) is 4.66.